The lowest BCUT2D eigenvalue weighted by atomic mass is 9.68. The molecule has 0 amide bonds. The Morgan fingerprint density at radius 3 is 1.83 bits per heavy atom. The molecule has 1 aromatic carbocycles. The van der Waals surface area contributed by atoms with Crippen molar-refractivity contribution >= 4 is 70.5 Å². The number of nitrogens with two attached hydrogens (primary N) is 1. The van der Waals surface area contributed by atoms with Crippen LogP contribution in [0, 0.1) is 0 Å². The zero-order chi connectivity index (χ0) is 9.46. The molecule has 0 unspecified atom stereocenters. The van der Waals surface area contributed by atoms with Crippen molar-refractivity contribution in [2.24, 2.45) is 0 Å². The van der Waals surface area contributed by atoms with E-state index in [-0.39, 0.29) is 32.6 Å². The third kappa shape index (κ3) is 1.27. The van der Waals surface area contributed by atoms with Gasteiger partial charge in [-0.1, -0.05) is 28.0 Å². The van der Waals surface area contributed by atoms with Gasteiger partial charge >= 0.3 is 0 Å². The van der Waals surface area contributed by atoms with Gasteiger partial charge in [0.25, 0.3) is 0 Å². The molecule has 0 aromatic heterocycles. The summed E-state index contributed by atoms with van der Waals surface area (Å²) in [6, 6.07) is 0. The molecule has 0 fully saturated rings. The molecule has 2 N–H and O–H groups in total. The summed E-state index contributed by atoms with van der Waals surface area (Å²) in [5.41, 5.74) is 6.34. The van der Waals surface area contributed by atoms with Crippen molar-refractivity contribution in [1.82, 2.24) is 0 Å². The highest BCUT2D eigenvalue weighted by molar-refractivity contribution is 6.65. The largest absolute Gasteiger partial charge is 0.400 e. The van der Waals surface area contributed by atoms with E-state index in [2.05, 4.69) is 0 Å². The topological polar surface area (TPSA) is 26.0 Å². The van der Waals surface area contributed by atoms with Crippen LogP contribution in [0.3, 0.4) is 0 Å². The molecule has 0 saturated carbocycles. The van der Waals surface area contributed by atoms with E-state index < -0.39 is 0 Å². The first-order chi connectivity index (χ1) is 5.46. The Hall–Kier alpha value is -0.430. The first-order valence-corrected chi connectivity index (χ1v) is 3.51. The van der Waals surface area contributed by atoms with Crippen LogP contribution in [0.15, 0.2) is 0 Å². The van der Waals surface area contributed by atoms with Crippen LogP contribution in [0.1, 0.15) is 0 Å². The van der Waals surface area contributed by atoms with Crippen LogP contribution in [0.5, 0.6) is 0 Å². The highest BCUT2D eigenvalue weighted by Crippen LogP contribution is 2.00. The summed E-state index contributed by atoms with van der Waals surface area (Å²) < 4.78 is 0. The van der Waals surface area contributed by atoms with E-state index in [1.165, 1.54) is 0 Å². The van der Waals surface area contributed by atoms with Crippen LogP contribution in [-0.2, 0) is 0 Å². The maximum absolute atomic E-state index is 5.69. The number of rotatable bonds is 0. The van der Waals surface area contributed by atoms with Gasteiger partial charge in [0, 0.05) is 10.7 Å². The third-order valence-corrected chi connectivity index (χ3v) is 2.04. The molecule has 0 spiro atoms. The first kappa shape index (κ1) is 9.66. The Morgan fingerprint density at radius 2 is 1.33 bits per heavy atom. The summed E-state index contributed by atoms with van der Waals surface area (Å²) in [5, 5.41) is 0.152. The van der Waals surface area contributed by atoms with Crippen molar-refractivity contribution in [3.63, 3.8) is 0 Å². The van der Waals surface area contributed by atoms with Gasteiger partial charge in [-0.05, 0) is 0 Å². The number of benzene rings is 1. The summed E-state index contributed by atoms with van der Waals surface area (Å²) in [5.74, 6) is 0. The summed E-state index contributed by atoms with van der Waals surface area (Å²) in [6.07, 6.45) is 0. The second-order valence-corrected chi connectivity index (χ2v) is 2.76. The molecule has 50 valence electrons. The smallest absolute Gasteiger partial charge is 0.118 e. The van der Waals surface area contributed by atoms with Crippen LogP contribution in [0.4, 0.5) is 5.69 Å². The molecule has 0 aliphatic carbocycles. The molecule has 0 aliphatic rings. The lowest BCUT2D eigenvalue weighted by Gasteiger charge is -2.15. The van der Waals surface area contributed by atoms with Gasteiger partial charge in [0.2, 0.25) is 0 Å². The zero-order valence-corrected chi connectivity index (χ0v) is 7.02. The molecule has 1 rings (SSSR count). The molecule has 8 radical (unpaired) electrons. The molecule has 12 heavy (non-hydrogen) atoms. The summed E-state index contributed by atoms with van der Waals surface area (Å²) in [4.78, 5) is 0. The molecule has 1 aromatic rings. The Balaban J connectivity index is 3.60. The van der Waals surface area contributed by atoms with Gasteiger partial charge in [0.1, 0.15) is 31.4 Å². The molecule has 0 bridgehead atoms. The van der Waals surface area contributed by atoms with Crippen LogP contribution < -0.4 is 27.6 Å². The minimum Gasteiger partial charge on any atom is -0.400 e. The summed E-state index contributed by atoms with van der Waals surface area (Å²) in [6.45, 7) is 0. The van der Waals surface area contributed by atoms with Gasteiger partial charge in [-0.15, -0.1) is 5.46 Å². The quantitative estimate of drug-likeness (QED) is 0.325. The monoisotopic (exact) mass is 167 g/mol. The Morgan fingerprint density at radius 1 is 0.833 bits per heavy atom. The van der Waals surface area contributed by atoms with Crippen LogP contribution in [-0.4, -0.2) is 31.4 Å². The van der Waals surface area contributed by atoms with E-state index in [0.717, 1.165) is 0 Å². The summed E-state index contributed by atoms with van der Waals surface area (Å²) in [7, 11) is 21.9. The molecule has 1 nitrogen and oxygen atoms in total. The molecule has 0 heterocycles. The normalized spacial score (nSPS) is 10.1. The second kappa shape index (κ2) is 3.14. The fourth-order valence-corrected chi connectivity index (χ4v) is 1.02. The van der Waals surface area contributed by atoms with Gasteiger partial charge in [0.05, 0.1) is 0 Å². The van der Waals surface area contributed by atoms with Crippen molar-refractivity contribution in [3.8, 4) is 0 Å². The van der Waals surface area contributed by atoms with E-state index in [9.17, 15) is 0 Å². The molecular weight excluding hydrogens is 165 g/mol. The number of halogens is 1. The van der Waals surface area contributed by atoms with Gasteiger partial charge in [-0.3, -0.25) is 0 Å². The van der Waals surface area contributed by atoms with E-state index in [1.54, 1.807) is 0 Å². The van der Waals surface area contributed by atoms with Gasteiger partial charge in [-0.2, -0.15) is 0 Å². The minimum atomic E-state index is 0.152. The average Bonchev–Trinajstić information content (AvgIpc) is 2.08. The van der Waals surface area contributed by atoms with Crippen molar-refractivity contribution in [3.05, 3.63) is 5.02 Å². The number of hydrogen-bond donors (Lipinski definition) is 1. The molecule has 0 atom stereocenters. The number of nitrogen functional groups attached to an aromatic ring is 1. The first-order valence-electron chi connectivity index (χ1n) is 3.13. The van der Waals surface area contributed by atoms with Gasteiger partial charge in [0.15, 0.2) is 0 Å². The van der Waals surface area contributed by atoms with Gasteiger partial charge < -0.3 is 5.73 Å². The Bertz CT molecular complexity index is 234. The fourth-order valence-electron chi connectivity index (χ4n) is 0.817. The third-order valence-electron chi connectivity index (χ3n) is 1.63. The number of hydrogen-bond acceptors (Lipinski definition) is 1. The lowest BCUT2D eigenvalue weighted by molar-refractivity contribution is 1.88. The predicted octanol–water partition coefficient (Wildman–Crippen LogP) is -2.90. The van der Waals surface area contributed by atoms with Crippen LogP contribution >= 0.6 is 11.6 Å². The SMILES string of the molecule is [B]c1c([B])c(N)c([B])c(Cl)c1[B]. The minimum absolute atomic E-state index is 0.152. The lowest BCUT2D eigenvalue weighted by Crippen LogP contribution is -2.45. The van der Waals surface area contributed by atoms with Crippen LogP contribution in [0.2, 0.25) is 5.02 Å². The maximum Gasteiger partial charge on any atom is 0.118 e. The molecule has 0 saturated heterocycles. The average molecular weight is 167 g/mol. The van der Waals surface area contributed by atoms with Gasteiger partial charge in [-0.25, -0.2) is 0 Å². The maximum atomic E-state index is 5.69. The standard InChI is InChI=1S/C6H2B4ClN/c7-1-2(8)5(11)4(10)6(12)3(1)9/h12H2. The Labute approximate surface area is 81.7 Å². The molecule has 0 aliphatic heterocycles. The van der Waals surface area contributed by atoms with Crippen molar-refractivity contribution < 1.29 is 0 Å². The highest BCUT2D eigenvalue weighted by Gasteiger charge is 2.08. The summed E-state index contributed by atoms with van der Waals surface area (Å²) >= 11 is 5.69. The number of anilines is 1. The van der Waals surface area contributed by atoms with Crippen LogP contribution in [0.25, 0.3) is 0 Å². The van der Waals surface area contributed by atoms with E-state index >= 15 is 0 Å². The zero-order valence-electron chi connectivity index (χ0n) is 6.26. The van der Waals surface area contributed by atoms with Crippen molar-refractivity contribution in [2.75, 3.05) is 5.73 Å². The second-order valence-electron chi connectivity index (χ2n) is 2.38. The fraction of sp³-hybridized carbons (Fsp3) is 0. The van der Waals surface area contributed by atoms with E-state index in [4.69, 9.17) is 48.7 Å². The predicted molar refractivity (Wildman–Crippen MR) is 57.4 cm³/mol. The van der Waals surface area contributed by atoms with Crippen molar-refractivity contribution in [1.29, 1.82) is 0 Å². The van der Waals surface area contributed by atoms with Crippen molar-refractivity contribution in [2.45, 2.75) is 0 Å². The molecular formula is C6H2B4ClN. The van der Waals surface area contributed by atoms with E-state index in [1.807, 2.05) is 0 Å². The highest BCUT2D eigenvalue weighted by atomic mass is 35.5. The molecule has 6 heteroatoms. The van der Waals surface area contributed by atoms with E-state index in [0.29, 0.717) is 0 Å². The Kier molecular flexibility index (Phi) is 2.52.